The van der Waals surface area contributed by atoms with Crippen LogP contribution in [0.3, 0.4) is 0 Å². The summed E-state index contributed by atoms with van der Waals surface area (Å²) in [7, 11) is 0. The Morgan fingerprint density at radius 2 is 2.38 bits per heavy atom. The first-order chi connectivity index (χ1) is 6.34. The van der Waals surface area contributed by atoms with Crippen molar-refractivity contribution in [2.24, 2.45) is 0 Å². The second kappa shape index (κ2) is 2.71. The van der Waals surface area contributed by atoms with Gasteiger partial charge in [0.25, 0.3) is 0 Å². The quantitative estimate of drug-likeness (QED) is 0.548. The molecule has 0 saturated heterocycles. The maximum Gasteiger partial charge on any atom is 0.244 e. The fourth-order valence-electron chi connectivity index (χ4n) is 1.71. The van der Waals surface area contributed by atoms with E-state index in [4.69, 9.17) is 4.42 Å². The summed E-state index contributed by atoms with van der Waals surface area (Å²) >= 11 is 2.33. The molecule has 0 radical (unpaired) electrons. The van der Waals surface area contributed by atoms with Crippen LogP contribution in [0.15, 0.2) is 16.7 Å². The number of rotatable bonds is 0. The number of furan rings is 1. The summed E-state index contributed by atoms with van der Waals surface area (Å²) in [5.74, 6) is 1.11. The van der Waals surface area contributed by atoms with Crippen molar-refractivity contribution in [3.63, 3.8) is 0 Å². The fraction of sp³-hybridized carbons (Fsp3) is 0.375. The van der Waals surface area contributed by atoms with Crippen LogP contribution in [0.5, 0.6) is 0 Å². The molecule has 0 fully saturated rings. The molecule has 1 aliphatic rings. The van der Waals surface area contributed by atoms with Gasteiger partial charge in [-0.3, -0.25) is 0 Å². The molecule has 1 aliphatic heterocycles. The average Bonchev–Trinajstić information content (AvgIpc) is 2.62. The summed E-state index contributed by atoms with van der Waals surface area (Å²) in [5, 5.41) is 0. The third kappa shape index (κ3) is 1.10. The van der Waals surface area contributed by atoms with Crippen LogP contribution < -0.4 is 0 Å². The molecule has 4 nitrogen and oxygen atoms in total. The number of halogens is 1. The van der Waals surface area contributed by atoms with Crippen molar-refractivity contribution in [2.75, 3.05) is 6.54 Å². The van der Waals surface area contributed by atoms with Gasteiger partial charge in [-0.2, -0.15) is 4.98 Å². The summed E-state index contributed by atoms with van der Waals surface area (Å²) in [6, 6.07) is 1.98. The van der Waals surface area contributed by atoms with Crippen LogP contribution in [0.4, 0.5) is 0 Å². The highest BCUT2D eigenvalue weighted by Crippen LogP contribution is 2.22. The zero-order chi connectivity index (χ0) is 8.84. The van der Waals surface area contributed by atoms with Crippen molar-refractivity contribution >= 4 is 34.1 Å². The minimum atomic E-state index is 0.765. The van der Waals surface area contributed by atoms with Crippen LogP contribution in [0.1, 0.15) is 5.82 Å². The van der Waals surface area contributed by atoms with Gasteiger partial charge in [-0.15, -0.1) is 0 Å². The number of imidazole rings is 1. The van der Waals surface area contributed by atoms with E-state index in [9.17, 15) is 0 Å². The molecule has 0 unspecified atom stereocenters. The number of hydrogen-bond donors (Lipinski definition) is 0. The highest BCUT2D eigenvalue weighted by Gasteiger charge is 2.19. The van der Waals surface area contributed by atoms with E-state index in [1.54, 1.807) is 6.26 Å². The van der Waals surface area contributed by atoms with Gasteiger partial charge in [0.1, 0.15) is 11.3 Å². The molecule has 0 bridgehead atoms. The minimum absolute atomic E-state index is 0.765. The van der Waals surface area contributed by atoms with E-state index < -0.39 is 0 Å². The topological polar surface area (TPSA) is 34.2 Å². The summed E-state index contributed by atoms with van der Waals surface area (Å²) < 4.78 is 9.72. The van der Waals surface area contributed by atoms with E-state index >= 15 is 0 Å². The van der Waals surface area contributed by atoms with Gasteiger partial charge in [0.2, 0.25) is 5.71 Å². The summed E-state index contributed by atoms with van der Waals surface area (Å²) in [6.07, 6.45) is 1.70. The first-order valence-electron chi connectivity index (χ1n) is 4.18. The smallest absolute Gasteiger partial charge is 0.244 e. The molecule has 2 aromatic rings. The molecule has 13 heavy (non-hydrogen) atoms. The second-order valence-electron chi connectivity index (χ2n) is 3.14. The first kappa shape index (κ1) is 7.81. The third-order valence-corrected chi connectivity index (χ3v) is 3.16. The van der Waals surface area contributed by atoms with Gasteiger partial charge in [0.05, 0.1) is 12.8 Å². The Morgan fingerprint density at radius 1 is 1.46 bits per heavy atom. The predicted molar refractivity (Wildman–Crippen MR) is 56.4 cm³/mol. The van der Waals surface area contributed by atoms with Gasteiger partial charge in [0, 0.05) is 42.0 Å². The molecule has 0 spiro atoms. The van der Waals surface area contributed by atoms with E-state index in [1.165, 1.54) is 0 Å². The lowest BCUT2D eigenvalue weighted by Gasteiger charge is -2.21. The Labute approximate surface area is 89.0 Å². The molecule has 68 valence electrons. The van der Waals surface area contributed by atoms with Crippen LogP contribution in [-0.2, 0) is 13.1 Å². The van der Waals surface area contributed by atoms with Crippen molar-refractivity contribution in [3.05, 3.63) is 18.2 Å². The SMILES string of the molecule is IN1CCn2c(nc3occc32)C1. The largest absolute Gasteiger partial charge is 0.445 e. The molecule has 0 N–H and O–H groups in total. The lowest BCUT2D eigenvalue weighted by molar-refractivity contribution is 0.400. The fourth-order valence-corrected chi connectivity index (χ4v) is 2.23. The number of fused-ring (bicyclic) bond motifs is 3. The highest BCUT2D eigenvalue weighted by molar-refractivity contribution is 14.1. The zero-order valence-electron chi connectivity index (χ0n) is 6.90. The highest BCUT2D eigenvalue weighted by atomic mass is 127. The Hall–Kier alpha value is -0.560. The van der Waals surface area contributed by atoms with Crippen molar-refractivity contribution in [1.29, 1.82) is 0 Å². The molecule has 0 saturated carbocycles. The molecule has 3 heterocycles. The summed E-state index contributed by atoms with van der Waals surface area (Å²) in [4.78, 5) is 4.41. The molecule has 3 rings (SSSR count). The number of aromatic nitrogens is 2. The first-order valence-corrected chi connectivity index (χ1v) is 5.14. The summed E-state index contributed by atoms with van der Waals surface area (Å²) in [6.45, 7) is 2.99. The summed E-state index contributed by atoms with van der Waals surface area (Å²) in [5.41, 5.74) is 1.89. The van der Waals surface area contributed by atoms with E-state index in [1.807, 2.05) is 6.07 Å². The van der Waals surface area contributed by atoms with Crippen molar-refractivity contribution in [1.82, 2.24) is 12.7 Å². The Bertz CT molecular complexity index is 447. The number of nitrogens with zero attached hydrogens (tertiary/aromatic N) is 3. The molecule has 2 aromatic heterocycles. The Kier molecular flexibility index (Phi) is 1.63. The van der Waals surface area contributed by atoms with Crippen LogP contribution in [0.25, 0.3) is 11.2 Å². The van der Waals surface area contributed by atoms with Gasteiger partial charge < -0.3 is 8.98 Å². The van der Waals surface area contributed by atoms with Crippen LogP contribution >= 0.6 is 22.9 Å². The van der Waals surface area contributed by atoms with Crippen molar-refractivity contribution in [3.8, 4) is 0 Å². The molecule has 0 amide bonds. The molecular formula is C8H8IN3O. The van der Waals surface area contributed by atoms with E-state index in [2.05, 4.69) is 35.5 Å². The van der Waals surface area contributed by atoms with Gasteiger partial charge in [0.15, 0.2) is 0 Å². The molecule has 0 atom stereocenters. The molecule has 0 aromatic carbocycles. The van der Waals surface area contributed by atoms with E-state index in [0.717, 1.165) is 36.7 Å². The lowest BCUT2D eigenvalue weighted by atomic mass is 10.4. The van der Waals surface area contributed by atoms with Gasteiger partial charge in [-0.25, -0.2) is 3.11 Å². The molecule has 0 aliphatic carbocycles. The average molecular weight is 289 g/mol. The Balaban J connectivity index is 2.22. The minimum Gasteiger partial charge on any atom is -0.445 e. The predicted octanol–water partition coefficient (Wildman–Crippen LogP) is 1.79. The molecule has 5 heteroatoms. The maximum atomic E-state index is 5.25. The normalized spacial score (nSPS) is 17.9. The van der Waals surface area contributed by atoms with Crippen molar-refractivity contribution < 1.29 is 4.42 Å². The van der Waals surface area contributed by atoms with Gasteiger partial charge in [-0.05, 0) is 0 Å². The number of hydrogen-bond acceptors (Lipinski definition) is 3. The van der Waals surface area contributed by atoms with Gasteiger partial charge >= 0.3 is 0 Å². The van der Waals surface area contributed by atoms with Crippen LogP contribution in [-0.4, -0.2) is 19.2 Å². The van der Waals surface area contributed by atoms with Crippen LogP contribution in [0, 0.1) is 0 Å². The van der Waals surface area contributed by atoms with E-state index in [0.29, 0.717) is 0 Å². The van der Waals surface area contributed by atoms with Gasteiger partial charge in [-0.1, -0.05) is 0 Å². The zero-order valence-corrected chi connectivity index (χ0v) is 9.06. The maximum absolute atomic E-state index is 5.25. The standard InChI is InChI=1S/C8H8IN3O/c9-11-2-3-12-6-1-4-13-8(6)10-7(12)5-11/h1,4H,2-3,5H2. The van der Waals surface area contributed by atoms with Crippen LogP contribution in [0.2, 0.25) is 0 Å². The second-order valence-corrected chi connectivity index (χ2v) is 4.50. The lowest BCUT2D eigenvalue weighted by Crippen LogP contribution is -2.26. The third-order valence-electron chi connectivity index (χ3n) is 2.34. The Morgan fingerprint density at radius 3 is 3.31 bits per heavy atom. The van der Waals surface area contributed by atoms with Crippen molar-refractivity contribution in [2.45, 2.75) is 13.1 Å². The molecular weight excluding hydrogens is 281 g/mol. The monoisotopic (exact) mass is 289 g/mol. The van der Waals surface area contributed by atoms with E-state index in [-0.39, 0.29) is 0 Å².